The van der Waals surface area contributed by atoms with Crippen LogP contribution in [0.15, 0.2) is 17.2 Å². The Kier molecular flexibility index (Phi) is 5.84. The third kappa shape index (κ3) is 4.31. The van der Waals surface area contributed by atoms with Gasteiger partial charge in [-0.05, 0) is 31.4 Å². The molecule has 1 heterocycles. The summed E-state index contributed by atoms with van der Waals surface area (Å²) in [6.45, 7) is 5.69. The van der Waals surface area contributed by atoms with E-state index in [1.54, 1.807) is 12.3 Å². The second-order valence-corrected chi connectivity index (χ2v) is 7.54. The van der Waals surface area contributed by atoms with Gasteiger partial charge < -0.3 is 10.3 Å². The first kappa shape index (κ1) is 16.5. The SMILES string of the molecule is CCNCc1cc(S(=O)(=O)NC2CCCCC2CC)c[nH]1. The van der Waals surface area contributed by atoms with Crippen molar-refractivity contribution < 1.29 is 8.42 Å². The number of sulfonamides is 1. The molecule has 0 aliphatic heterocycles. The molecule has 0 bridgehead atoms. The van der Waals surface area contributed by atoms with Crippen molar-refractivity contribution in [3.8, 4) is 0 Å². The van der Waals surface area contributed by atoms with Gasteiger partial charge in [-0.1, -0.05) is 33.1 Å². The first-order valence-electron chi connectivity index (χ1n) is 7.97. The second kappa shape index (κ2) is 7.42. The van der Waals surface area contributed by atoms with Gasteiger partial charge in [0.2, 0.25) is 10.0 Å². The Morgan fingerprint density at radius 3 is 2.76 bits per heavy atom. The van der Waals surface area contributed by atoms with Gasteiger partial charge >= 0.3 is 0 Å². The third-order valence-electron chi connectivity index (χ3n) is 4.33. The van der Waals surface area contributed by atoms with Crippen LogP contribution in [0.3, 0.4) is 0 Å². The standard InChI is InChI=1S/C15H27N3O2S/c1-3-12-7-5-6-8-15(12)18-21(19,20)14-9-13(17-11-14)10-16-4-2/h9,11-12,15-18H,3-8,10H2,1-2H3. The van der Waals surface area contributed by atoms with Crippen LogP contribution in [-0.2, 0) is 16.6 Å². The maximum absolute atomic E-state index is 12.5. The lowest BCUT2D eigenvalue weighted by Gasteiger charge is -2.31. The van der Waals surface area contributed by atoms with E-state index in [0.717, 1.165) is 37.9 Å². The molecule has 5 nitrogen and oxygen atoms in total. The first-order chi connectivity index (χ1) is 10.1. The molecule has 3 N–H and O–H groups in total. The molecule has 0 radical (unpaired) electrons. The van der Waals surface area contributed by atoms with Gasteiger partial charge in [-0.25, -0.2) is 13.1 Å². The summed E-state index contributed by atoms with van der Waals surface area (Å²) < 4.78 is 27.9. The molecule has 0 amide bonds. The number of rotatable bonds is 7. The van der Waals surface area contributed by atoms with Crippen LogP contribution in [0.5, 0.6) is 0 Å². The normalized spacial score (nSPS) is 23.3. The molecule has 6 heteroatoms. The van der Waals surface area contributed by atoms with Crippen molar-refractivity contribution in [2.24, 2.45) is 5.92 Å². The van der Waals surface area contributed by atoms with E-state index in [4.69, 9.17) is 0 Å². The minimum atomic E-state index is -3.42. The lowest BCUT2D eigenvalue weighted by Crippen LogP contribution is -2.41. The summed E-state index contributed by atoms with van der Waals surface area (Å²) in [7, 11) is -3.42. The van der Waals surface area contributed by atoms with Gasteiger partial charge in [0.05, 0.1) is 4.90 Å². The summed E-state index contributed by atoms with van der Waals surface area (Å²) in [6, 6.07) is 1.80. The molecule has 1 saturated carbocycles. The maximum Gasteiger partial charge on any atom is 0.242 e. The fourth-order valence-corrected chi connectivity index (χ4v) is 4.41. The van der Waals surface area contributed by atoms with E-state index >= 15 is 0 Å². The molecule has 120 valence electrons. The summed E-state index contributed by atoms with van der Waals surface area (Å²) in [5.74, 6) is 0.466. The van der Waals surface area contributed by atoms with E-state index in [-0.39, 0.29) is 6.04 Å². The molecule has 2 atom stereocenters. The molecule has 1 fully saturated rings. The molecule has 1 aromatic heterocycles. The Balaban J connectivity index is 2.05. The Hall–Kier alpha value is -0.850. The van der Waals surface area contributed by atoms with Gasteiger partial charge in [0.1, 0.15) is 0 Å². The fourth-order valence-electron chi connectivity index (χ4n) is 3.05. The number of aromatic nitrogens is 1. The smallest absolute Gasteiger partial charge is 0.242 e. The molecule has 1 aromatic rings. The van der Waals surface area contributed by atoms with E-state index in [1.807, 2.05) is 6.92 Å². The van der Waals surface area contributed by atoms with E-state index in [2.05, 4.69) is 21.9 Å². The molecule has 0 saturated heterocycles. The summed E-state index contributed by atoms with van der Waals surface area (Å²) in [4.78, 5) is 3.37. The summed E-state index contributed by atoms with van der Waals surface area (Å²) in [6.07, 6.45) is 7.02. The van der Waals surface area contributed by atoms with Crippen LogP contribution in [0.4, 0.5) is 0 Å². The van der Waals surface area contributed by atoms with E-state index in [0.29, 0.717) is 17.4 Å². The average Bonchev–Trinajstić information content (AvgIpc) is 2.95. The van der Waals surface area contributed by atoms with E-state index in [9.17, 15) is 8.42 Å². The topological polar surface area (TPSA) is 74.0 Å². The Morgan fingerprint density at radius 2 is 2.05 bits per heavy atom. The van der Waals surface area contributed by atoms with Gasteiger partial charge in [-0.15, -0.1) is 0 Å². The van der Waals surface area contributed by atoms with Gasteiger partial charge in [-0.2, -0.15) is 0 Å². The lowest BCUT2D eigenvalue weighted by molar-refractivity contribution is 0.282. The first-order valence-corrected chi connectivity index (χ1v) is 9.45. The van der Waals surface area contributed by atoms with Gasteiger partial charge in [0, 0.05) is 24.5 Å². The van der Waals surface area contributed by atoms with Crippen LogP contribution in [0.2, 0.25) is 0 Å². The van der Waals surface area contributed by atoms with Crippen LogP contribution in [0.25, 0.3) is 0 Å². The monoisotopic (exact) mass is 313 g/mol. The molecule has 0 spiro atoms. The third-order valence-corrected chi connectivity index (χ3v) is 5.80. The zero-order chi connectivity index (χ0) is 15.3. The van der Waals surface area contributed by atoms with Gasteiger partial charge in [-0.3, -0.25) is 0 Å². The highest BCUT2D eigenvalue weighted by Gasteiger charge is 2.28. The number of hydrogen-bond acceptors (Lipinski definition) is 3. The number of hydrogen-bond donors (Lipinski definition) is 3. The molecule has 2 unspecified atom stereocenters. The molecule has 21 heavy (non-hydrogen) atoms. The number of H-pyrrole nitrogens is 1. The minimum absolute atomic E-state index is 0.0841. The Labute approximate surface area is 128 Å². The Morgan fingerprint density at radius 1 is 1.29 bits per heavy atom. The van der Waals surface area contributed by atoms with Crippen LogP contribution in [0.1, 0.15) is 51.6 Å². The van der Waals surface area contributed by atoms with Crippen molar-refractivity contribution in [1.82, 2.24) is 15.0 Å². The van der Waals surface area contributed by atoms with Crippen LogP contribution in [-0.4, -0.2) is 26.0 Å². The zero-order valence-electron chi connectivity index (χ0n) is 13.0. The van der Waals surface area contributed by atoms with Crippen LogP contribution >= 0.6 is 0 Å². The van der Waals surface area contributed by atoms with Gasteiger partial charge in [0.25, 0.3) is 0 Å². The minimum Gasteiger partial charge on any atom is -0.363 e. The molecule has 1 aliphatic rings. The quantitative estimate of drug-likeness (QED) is 0.723. The predicted octanol–water partition coefficient (Wildman–Crippen LogP) is 2.37. The molecular weight excluding hydrogens is 286 g/mol. The highest BCUT2D eigenvalue weighted by Crippen LogP contribution is 2.28. The largest absolute Gasteiger partial charge is 0.363 e. The highest BCUT2D eigenvalue weighted by molar-refractivity contribution is 7.89. The fraction of sp³-hybridized carbons (Fsp3) is 0.733. The second-order valence-electron chi connectivity index (χ2n) is 5.82. The maximum atomic E-state index is 12.5. The van der Waals surface area contributed by atoms with Crippen molar-refractivity contribution in [2.75, 3.05) is 6.54 Å². The van der Waals surface area contributed by atoms with Crippen LogP contribution < -0.4 is 10.0 Å². The average molecular weight is 313 g/mol. The molecule has 2 rings (SSSR count). The van der Waals surface area contributed by atoms with Crippen molar-refractivity contribution in [3.05, 3.63) is 18.0 Å². The van der Waals surface area contributed by atoms with Gasteiger partial charge in [0.15, 0.2) is 0 Å². The molecular formula is C15H27N3O2S. The molecule has 1 aliphatic carbocycles. The lowest BCUT2D eigenvalue weighted by atomic mass is 9.83. The summed E-state index contributed by atoms with van der Waals surface area (Å²) in [5, 5.41) is 3.18. The predicted molar refractivity (Wildman–Crippen MR) is 84.5 cm³/mol. The van der Waals surface area contributed by atoms with Crippen molar-refractivity contribution >= 4 is 10.0 Å². The molecule has 0 aromatic carbocycles. The number of aromatic amines is 1. The number of nitrogens with one attached hydrogen (secondary N) is 3. The zero-order valence-corrected chi connectivity index (χ0v) is 13.8. The van der Waals surface area contributed by atoms with E-state index in [1.165, 1.54) is 6.42 Å². The van der Waals surface area contributed by atoms with Crippen LogP contribution in [0, 0.1) is 5.92 Å². The van der Waals surface area contributed by atoms with Crippen molar-refractivity contribution in [2.45, 2.75) is 63.4 Å². The Bertz CT molecular complexity index is 539. The van der Waals surface area contributed by atoms with Crippen molar-refractivity contribution in [1.29, 1.82) is 0 Å². The van der Waals surface area contributed by atoms with E-state index < -0.39 is 10.0 Å². The highest BCUT2D eigenvalue weighted by atomic mass is 32.2. The summed E-state index contributed by atoms with van der Waals surface area (Å²) >= 11 is 0. The van der Waals surface area contributed by atoms with Crippen molar-refractivity contribution in [3.63, 3.8) is 0 Å². The summed E-state index contributed by atoms with van der Waals surface area (Å²) in [5.41, 5.74) is 0.896.